The molecule has 0 unspecified atom stereocenters. The summed E-state index contributed by atoms with van der Waals surface area (Å²) in [6.07, 6.45) is 0. The van der Waals surface area contributed by atoms with Gasteiger partial charge >= 0.3 is 60.6 Å². The summed E-state index contributed by atoms with van der Waals surface area (Å²) < 4.78 is 6.93. The van der Waals surface area contributed by atoms with Crippen LogP contribution in [0.4, 0.5) is 0 Å². The van der Waals surface area contributed by atoms with Crippen LogP contribution in [0.25, 0.3) is 0 Å². The molecular weight excluding hydrogens is 335 g/mol. The van der Waals surface area contributed by atoms with E-state index in [4.69, 9.17) is 3.72 Å². The van der Waals surface area contributed by atoms with Crippen LogP contribution in [0.2, 0.25) is 0 Å². The molecule has 1 rings (SSSR count). The zero-order valence-electron chi connectivity index (χ0n) is 5.22. The first-order chi connectivity index (χ1) is 3.93. The summed E-state index contributed by atoms with van der Waals surface area (Å²) in [6.45, 7) is 0. The Morgan fingerprint density at radius 3 is 1.80 bits per heavy atom. The Bertz CT molecular complexity index is 157. The van der Waals surface area contributed by atoms with Gasteiger partial charge in [-0.25, -0.2) is 0 Å². The van der Waals surface area contributed by atoms with Crippen LogP contribution in [-0.4, -0.2) is 0 Å². The molecule has 0 radical (unpaired) electrons. The van der Waals surface area contributed by atoms with E-state index in [1.54, 1.807) is 0 Å². The van der Waals surface area contributed by atoms with Crippen LogP contribution in [0.3, 0.4) is 0 Å². The molecule has 1 aromatic carbocycles. The van der Waals surface area contributed by atoms with Crippen molar-refractivity contribution in [3.05, 3.63) is 30.3 Å². The van der Waals surface area contributed by atoms with Gasteiger partial charge in [0.05, 0.1) is 0 Å². The fourth-order valence-electron chi connectivity index (χ4n) is 0.534. The topological polar surface area (TPSA) is 26.0 Å². The summed E-state index contributed by atoms with van der Waals surface area (Å²) >= 11 is -0.828. The van der Waals surface area contributed by atoms with Gasteiger partial charge in [-0.05, 0) is 0 Å². The Balaban J connectivity index is 0. The number of benzene rings is 1. The fraction of sp³-hybridized carbons (Fsp3) is 0. The van der Waals surface area contributed by atoms with Crippen LogP contribution in [0, 0.1) is 0 Å². The first kappa shape index (κ1) is 13.2. The summed E-state index contributed by atoms with van der Waals surface area (Å²) in [5, 5.41) is 0. The molecule has 1 nitrogen and oxygen atoms in total. The standard InChI is InChI=1S/C6H5.2ClH.Hf.H2N/c1-2-4-6-5-3-1;;;;/h1-5H;2*1H;;1H2/q;;;+3;-1/p-2. The molecule has 0 aliphatic rings. The van der Waals surface area contributed by atoms with Crippen molar-refractivity contribution in [3.63, 3.8) is 0 Å². The molecule has 0 fully saturated rings. The molecule has 0 aliphatic heterocycles. The second-order valence-corrected chi connectivity index (χ2v) is 4.62. The Labute approximate surface area is 85.0 Å². The van der Waals surface area contributed by atoms with E-state index in [1.165, 1.54) is 3.32 Å². The fourth-order valence-corrected chi connectivity index (χ4v) is 1.92. The summed E-state index contributed by atoms with van der Waals surface area (Å²) in [4.78, 5) is 0. The van der Waals surface area contributed by atoms with Gasteiger partial charge in [0.1, 0.15) is 0 Å². The quantitative estimate of drug-likeness (QED) is 0.506. The molecule has 0 saturated heterocycles. The summed E-state index contributed by atoms with van der Waals surface area (Å²) in [7, 11) is 0. The second-order valence-electron chi connectivity index (χ2n) is 1.51. The van der Waals surface area contributed by atoms with E-state index in [9.17, 15) is 0 Å². The molecule has 0 saturated carbocycles. The van der Waals surface area contributed by atoms with Crippen molar-refractivity contribution in [1.29, 1.82) is 0 Å². The summed E-state index contributed by atoms with van der Waals surface area (Å²) in [6, 6.07) is 10.3. The number of rotatable bonds is 1. The molecule has 4 heteroatoms. The van der Waals surface area contributed by atoms with Crippen LogP contribution in [0.15, 0.2) is 30.3 Å². The number of halogens is 2. The summed E-state index contributed by atoms with van der Waals surface area (Å²) in [5.74, 6) is 0. The average Bonchev–Trinajstić information content (AvgIpc) is 1.90. The third kappa shape index (κ3) is 4.45. The minimum absolute atomic E-state index is 0. The normalized spacial score (nSPS) is 6.50. The van der Waals surface area contributed by atoms with E-state index < -0.39 is 23.2 Å². The Morgan fingerprint density at radius 1 is 1.00 bits per heavy atom. The van der Waals surface area contributed by atoms with Crippen molar-refractivity contribution < 1.29 is 48.0 Å². The maximum absolute atomic E-state index is 5.54. The number of hydrogen-bond donors (Lipinski definition) is 1. The Morgan fingerprint density at radius 2 is 1.50 bits per heavy atom. The third-order valence-corrected chi connectivity index (χ3v) is 3.34. The van der Waals surface area contributed by atoms with Gasteiger partial charge in [0, 0.05) is 0 Å². The molecular formula is C6H7Cl2HfN. The molecule has 0 aliphatic carbocycles. The van der Waals surface area contributed by atoms with E-state index >= 15 is 0 Å². The van der Waals surface area contributed by atoms with Crippen molar-refractivity contribution in [1.82, 2.24) is 0 Å². The van der Waals surface area contributed by atoms with E-state index in [0.29, 0.717) is 0 Å². The van der Waals surface area contributed by atoms with Crippen molar-refractivity contribution >= 4 is 3.32 Å². The Hall–Kier alpha value is 0.630. The maximum atomic E-state index is 5.54. The van der Waals surface area contributed by atoms with Gasteiger partial charge in [-0.15, -0.1) is 0 Å². The zero-order chi connectivity index (χ0) is 5.82. The minimum atomic E-state index is -0.828. The molecule has 54 valence electrons. The molecule has 0 aromatic heterocycles. The second kappa shape index (κ2) is 7.73. The predicted molar refractivity (Wildman–Crippen MR) is 30.3 cm³/mol. The molecule has 10 heavy (non-hydrogen) atoms. The monoisotopic (exact) mass is 343 g/mol. The molecule has 0 heterocycles. The first-order valence-corrected chi connectivity index (χ1v) is 6.32. The molecule has 0 bridgehead atoms. The molecule has 2 N–H and O–H groups in total. The van der Waals surface area contributed by atoms with Crippen molar-refractivity contribution in [2.45, 2.75) is 0 Å². The van der Waals surface area contributed by atoms with Crippen LogP contribution in [-0.2, 0) is 23.2 Å². The van der Waals surface area contributed by atoms with Crippen LogP contribution in [0.5, 0.6) is 0 Å². The van der Waals surface area contributed by atoms with E-state index in [-0.39, 0.29) is 24.8 Å². The van der Waals surface area contributed by atoms with Gasteiger partial charge in [-0.1, -0.05) is 0 Å². The Kier molecular flexibility index (Phi) is 10.2. The van der Waals surface area contributed by atoms with Crippen LogP contribution in [0.1, 0.15) is 0 Å². The molecule has 0 atom stereocenters. The number of hydrogen-bond acceptors (Lipinski definition) is 1. The van der Waals surface area contributed by atoms with Gasteiger partial charge in [0.15, 0.2) is 0 Å². The predicted octanol–water partition coefficient (Wildman–Crippen LogP) is -5.72. The van der Waals surface area contributed by atoms with Crippen molar-refractivity contribution in [2.75, 3.05) is 0 Å². The van der Waals surface area contributed by atoms with E-state index in [1.807, 2.05) is 18.2 Å². The number of nitrogens with two attached hydrogens (primary N) is 1. The van der Waals surface area contributed by atoms with Crippen LogP contribution < -0.4 is 31.9 Å². The molecule has 1 aromatic rings. The molecule has 0 spiro atoms. The van der Waals surface area contributed by atoms with Gasteiger partial charge in [-0.2, -0.15) is 0 Å². The van der Waals surface area contributed by atoms with Crippen molar-refractivity contribution in [2.24, 2.45) is 3.72 Å². The molecule has 0 amide bonds. The SMILES string of the molecule is [Cl-].[Cl-].[NH2][Hf+2][c]1ccccc1. The van der Waals surface area contributed by atoms with Gasteiger partial charge in [-0.3, -0.25) is 0 Å². The van der Waals surface area contributed by atoms with Gasteiger partial charge < -0.3 is 24.8 Å². The van der Waals surface area contributed by atoms with E-state index in [0.717, 1.165) is 0 Å². The average molecular weight is 343 g/mol. The van der Waals surface area contributed by atoms with Crippen LogP contribution >= 0.6 is 0 Å². The van der Waals surface area contributed by atoms with Crippen molar-refractivity contribution in [3.8, 4) is 0 Å². The summed E-state index contributed by atoms with van der Waals surface area (Å²) in [5.41, 5.74) is 0. The zero-order valence-corrected chi connectivity index (χ0v) is 10.3. The van der Waals surface area contributed by atoms with Gasteiger partial charge in [0.25, 0.3) is 0 Å². The first-order valence-electron chi connectivity index (χ1n) is 2.45. The van der Waals surface area contributed by atoms with Gasteiger partial charge in [0.2, 0.25) is 0 Å². The van der Waals surface area contributed by atoms with E-state index in [2.05, 4.69) is 12.1 Å². The third-order valence-electron chi connectivity index (χ3n) is 0.940.